The van der Waals surface area contributed by atoms with Gasteiger partial charge in [0.15, 0.2) is 17.0 Å². The minimum absolute atomic E-state index is 0.282. The van der Waals surface area contributed by atoms with E-state index in [1.165, 1.54) is 18.5 Å². The van der Waals surface area contributed by atoms with E-state index in [9.17, 15) is 0 Å². The molecule has 0 unspecified atom stereocenters. The Labute approximate surface area is 170 Å². The van der Waals surface area contributed by atoms with Crippen molar-refractivity contribution in [1.29, 1.82) is 0 Å². The van der Waals surface area contributed by atoms with Crippen molar-refractivity contribution in [2.24, 2.45) is 0 Å². The molecule has 8 nitrogen and oxygen atoms in total. The van der Waals surface area contributed by atoms with Crippen molar-refractivity contribution >= 4 is 34.3 Å². The van der Waals surface area contributed by atoms with Gasteiger partial charge >= 0.3 is 0 Å². The Morgan fingerprint density at radius 1 is 1.07 bits per heavy atom. The molecule has 0 atom stereocenters. The number of nitrogens with zero attached hydrogens (tertiary/aromatic N) is 5. The molecule has 1 aliphatic heterocycles. The van der Waals surface area contributed by atoms with Crippen LogP contribution in [0.1, 0.15) is 32.7 Å². The largest absolute Gasteiger partial charge is 0.378 e. The molecule has 5 rings (SSSR count). The second-order valence-electron chi connectivity index (χ2n) is 8.00. The molecule has 2 fully saturated rings. The van der Waals surface area contributed by atoms with Crippen LogP contribution in [0.2, 0.25) is 0 Å². The van der Waals surface area contributed by atoms with Gasteiger partial charge in [0.1, 0.15) is 0 Å². The summed E-state index contributed by atoms with van der Waals surface area (Å²) in [5.74, 6) is 1.39. The van der Waals surface area contributed by atoms with E-state index < -0.39 is 0 Å². The predicted octanol–water partition coefficient (Wildman–Crippen LogP) is 3.56. The van der Waals surface area contributed by atoms with Gasteiger partial charge in [-0.2, -0.15) is 9.97 Å². The van der Waals surface area contributed by atoms with Gasteiger partial charge < -0.3 is 24.8 Å². The third-order valence-electron chi connectivity index (χ3n) is 5.40. The minimum atomic E-state index is 0.282. The summed E-state index contributed by atoms with van der Waals surface area (Å²) in [6.45, 7) is 7.70. The first-order valence-electron chi connectivity index (χ1n) is 10.4. The van der Waals surface area contributed by atoms with Crippen molar-refractivity contribution in [2.75, 3.05) is 41.8 Å². The summed E-state index contributed by atoms with van der Waals surface area (Å²) in [5.41, 5.74) is 3.86. The van der Waals surface area contributed by atoms with Crippen molar-refractivity contribution in [1.82, 2.24) is 19.5 Å². The van der Waals surface area contributed by atoms with Gasteiger partial charge in [0.2, 0.25) is 5.95 Å². The second-order valence-corrected chi connectivity index (χ2v) is 8.00. The highest BCUT2D eigenvalue weighted by Crippen LogP contribution is 2.30. The van der Waals surface area contributed by atoms with E-state index in [1.807, 2.05) is 6.33 Å². The third-order valence-corrected chi connectivity index (χ3v) is 5.40. The van der Waals surface area contributed by atoms with Crippen LogP contribution >= 0.6 is 0 Å². The number of morpholine rings is 1. The summed E-state index contributed by atoms with van der Waals surface area (Å²) in [7, 11) is 0. The highest BCUT2D eigenvalue weighted by molar-refractivity contribution is 5.85. The second kappa shape index (κ2) is 7.51. The quantitative estimate of drug-likeness (QED) is 0.663. The van der Waals surface area contributed by atoms with Crippen LogP contribution in [0.5, 0.6) is 0 Å². The van der Waals surface area contributed by atoms with Gasteiger partial charge in [-0.25, -0.2) is 4.98 Å². The molecule has 1 aliphatic carbocycles. The van der Waals surface area contributed by atoms with Crippen LogP contribution in [0.4, 0.5) is 23.1 Å². The molecule has 2 N–H and O–H groups in total. The van der Waals surface area contributed by atoms with Gasteiger partial charge in [0, 0.05) is 36.5 Å². The Morgan fingerprint density at radius 3 is 2.52 bits per heavy atom. The van der Waals surface area contributed by atoms with Crippen LogP contribution in [0, 0.1) is 0 Å². The summed E-state index contributed by atoms with van der Waals surface area (Å²) in [6, 6.07) is 9.20. The Morgan fingerprint density at radius 2 is 1.83 bits per heavy atom. The summed E-state index contributed by atoms with van der Waals surface area (Å²) >= 11 is 0. The number of benzene rings is 1. The number of fused-ring (bicyclic) bond motifs is 1. The lowest BCUT2D eigenvalue weighted by molar-refractivity contribution is 0.122. The van der Waals surface area contributed by atoms with E-state index in [0.29, 0.717) is 12.0 Å². The summed E-state index contributed by atoms with van der Waals surface area (Å²) < 4.78 is 7.52. The molecule has 0 bridgehead atoms. The van der Waals surface area contributed by atoms with Crippen LogP contribution in [-0.4, -0.2) is 51.9 Å². The van der Waals surface area contributed by atoms with E-state index in [0.717, 1.165) is 49.0 Å². The fourth-order valence-corrected chi connectivity index (χ4v) is 3.58. The molecule has 152 valence electrons. The minimum Gasteiger partial charge on any atom is -0.378 e. The highest BCUT2D eigenvalue weighted by Gasteiger charge is 2.24. The molecule has 1 aromatic carbocycles. The maximum absolute atomic E-state index is 5.44. The summed E-state index contributed by atoms with van der Waals surface area (Å²) in [5, 5.41) is 6.87. The molecule has 0 radical (unpaired) electrons. The Bertz CT molecular complexity index is 988. The molecular formula is C21H27N7O. The lowest BCUT2D eigenvalue weighted by atomic mass is 10.2. The number of nitrogens with one attached hydrogen (secondary N) is 2. The summed E-state index contributed by atoms with van der Waals surface area (Å²) in [4.78, 5) is 16.4. The van der Waals surface area contributed by atoms with E-state index >= 15 is 0 Å². The molecule has 1 saturated carbocycles. The van der Waals surface area contributed by atoms with Crippen LogP contribution in [0.25, 0.3) is 11.2 Å². The number of aromatic nitrogens is 4. The first-order valence-corrected chi connectivity index (χ1v) is 10.4. The van der Waals surface area contributed by atoms with Crippen molar-refractivity contribution in [2.45, 2.75) is 38.8 Å². The molecule has 1 saturated heterocycles. The zero-order chi connectivity index (χ0) is 19.8. The highest BCUT2D eigenvalue weighted by atomic mass is 16.5. The normalized spacial score (nSPS) is 17.1. The fourth-order valence-electron chi connectivity index (χ4n) is 3.58. The molecule has 29 heavy (non-hydrogen) atoms. The van der Waals surface area contributed by atoms with Gasteiger partial charge in [-0.05, 0) is 51.0 Å². The lowest BCUT2D eigenvalue weighted by Crippen LogP contribution is -2.36. The van der Waals surface area contributed by atoms with Gasteiger partial charge in [-0.15, -0.1) is 0 Å². The van der Waals surface area contributed by atoms with Crippen LogP contribution in [0.15, 0.2) is 30.6 Å². The van der Waals surface area contributed by atoms with E-state index in [-0.39, 0.29) is 6.04 Å². The number of hydrogen-bond donors (Lipinski definition) is 2. The molecule has 3 aromatic rings. The van der Waals surface area contributed by atoms with Gasteiger partial charge in [0.25, 0.3) is 0 Å². The van der Waals surface area contributed by atoms with E-state index in [1.54, 1.807) is 0 Å². The van der Waals surface area contributed by atoms with Crippen molar-refractivity contribution in [3.63, 3.8) is 0 Å². The Balaban J connectivity index is 1.42. The lowest BCUT2D eigenvalue weighted by Gasteiger charge is -2.28. The molecule has 3 heterocycles. The van der Waals surface area contributed by atoms with Gasteiger partial charge in [0.05, 0.1) is 19.5 Å². The molecule has 2 aliphatic rings. The zero-order valence-corrected chi connectivity index (χ0v) is 16.9. The molecular weight excluding hydrogens is 366 g/mol. The third kappa shape index (κ3) is 3.85. The van der Waals surface area contributed by atoms with E-state index in [4.69, 9.17) is 14.7 Å². The first-order chi connectivity index (χ1) is 14.2. The monoisotopic (exact) mass is 393 g/mol. The number of hydrogen-bond acceptors (Lipinski definition) is 7. The average Bonchev–Trinajstić information content (AvgIpc) is 3.44. The van der Waals surface area contributed by atoms with Crippen molar-refractivity contribution in [3.8, 4) is 0 Å². The molecule has 8 heteroatoms. The summed E-state index contributed by atoms with van der Waals surface area (Å²) in [6.07, 6.45) is 4.22. The SMILES string of the molecule is CC(C)n1cnc2c(NC3CC3)nc(Nc3ccc(N4CCOCC4)cc3)nc21. The maximum Gasteiger partial charge on any atom is 0.231 e. The Hall–Kier alpha value is -2.87. The number of imidazole rings is 1. The predicted molar refractivity (Wildman–Crippen MR) is 115 cm³/mol. The Kier molecular flexibility index (Phi) is 4.71. The van der Waals surface area contributed by atoms with Crippen LogP contribution < -0.4 is 15.5 Å². The first kappa shape index (κ1) is 18.2. The molecule has 0 spiro atoms. The van der Waals surface area contributed by atoms with E-state index in [2.05, 4.69) is 63.2 Å². The topological polar surface area (TPSA) is 80.1 Å². The number of anilines is 4. The smallest absolute Gasteiger partial charge is 0.231 e. The average molecular weight is 393 g/mol. The fraction of sp³-hybridized carbons (Fsp3) is 0.476. The zero-order valence-electron chi connectivity index (χ0n) is 16.9. The van der Waals surface area contributed by atoms with Crippen molar-refractivity contribution in [3.05, 3.63) is 30.6 Å². The molecule has 0 amide bonds. The number of rotatable bonds is 6. The maximum atomic E-state index is 5.44. The molecule has 2 aromatic heterocycles. The van der Waals surface area contributed by atoms with Crippen LogP contribution in [0.3, 0.4) is 0 Å². The van der Waals surface area contributed by atoms with Crippen molar-refractivity contribution < 1.29 is 4.74 Å². The standard InChI is InChI=1S/C21H27N7O/c1-14(2)28-13-22-18-19(23-15-3-4-15)25-21(26-20(18)28)24-16-5-7-17(8-6-16)27-9-11-29-12-10-27/h5-8,13-15H,3-4,9-12H2,1-2H3,(H2,23,24,25,26). The van der Waals surface area contributed by atoms with Crippen LogP contribution in [-0.2, 0) is 4.74 Å². The van der Waals surface area contributed by atoms with Gasteiger partial charge in [-0.3, -0.25) is 0 Å². The van der Waals surface area contributed by atoms with Gasteiger partial charge in [-0.1, -0.05) is 0 Å². The number of ether oxygens (including phenoxy) is 1.